The summed E-state index contributed by atoms with van der Waals surface area (Å²) in [5.74, 6) is 1.26. The zero-order chi connectivity index (χ0) is 18.4. The molecule has 26 heavy (non-hydrogen) atoms. The summed E-state index contributed by atoms with van der Waals surface area (Å²) in [6.45, 7) is 2.18. The van der Waals surface area contributed by atoms with E-state index in [1.165, 1.54) is 11.6 Å². The lowest BCUT2D eigenvalue weighted by Gasteiger charge is -2.00. The largest absolute Gasteiger partial charge is 0.497 e. The molecule has 2 aromatic carbocycles. The van der Waals surface area contributed by atoms with Gasteiger partial charge in [0.05, 0.1) is 13.7 Å². The van der Waals surface area contributed by atoms with Crippen molar-refractivity contribution >= 4 is 12.0 Å². The van der Waals surface area contributed by atoms with Crippen LogP contribution in [0.1, 0.15) is 17.0 Å². The molecule has 0 saturated heterocycles. The fourth-order valence-corrected chi connectivity index (χ4v) is 2.28. The van der Waals surface area contributed by atoms with E-state index in [9.17, 15) is 4.79 Å². The van der Waals surface area contributed by atoms with E-state index in [2.05, 4.69) is 15.5 Å². The normalized spacial score (nSPS) is 10.8. The average Bonchev–Trinajstić information content (AvgIpc) is 3.15. The Morgan fingerprint density at radius 1 is 1.23 bits per heavy atom. The van der Waals surface area contributed by atoms with Crippen molar-refractivity contribution in [2.45, 2.75) is 13.5 Å². The molecule has 1 amide bonds. The molecule has 0 aliphatic carbocycles. The van der Waals surface area contributed by atoms with Gasteiger partial charge < -0.3 is 14.6 Å². The molecule has 3 aromatic rings. The quantitative estimate of drug-likeness (QED) is 0.690. The molecule has 6 heteroatoms. The number of hydrogen-bond donors (Lipinski definition) is 1. The van der Waals surface area contributed by atoms with Gasteiger partial charge in [0.15, 0.2) is 0 Å². The summed E-state index contributed by atoms with van der Waals surface area (Å²) in [6.07, 6.45) is 3.23. The molecule has 3 rings (SSSR count). The van der Waals surface area contributed by atoms with E-state index in [0.29, 0.717) is 17.5 Å². The van der Waals surface area contributed by atoms with Gasteiger partial charge in [-0.2, -0.15) is 4.98 Å². The maximum Gasteiger partial charge on any atom is 0.246 e. The summed E-state index contributed by atoms with van der Waals surface area (Å²) >= 11 is 0. The number of methoxy groups -OCH3 is 1. The molecule has 0 spiro atoms. The first-order chi connectivity index (χ1) is 12.6. The minimum atomic E-state index is -0.230. The molecule has 1 N–H and O–H groups in total. The van der Waals surface area contributed by atoms with Crippen molar-refractivity contribution < 1.29 is 14.1 Å². The van der Waals surface area contributed by atoms with Gasteiger partial charge in [0, 0.05) is 11.6 Å². The average molecular weight is 349 g/mol. The SMILES string of the molecule is COc1cccc(-c2noc(CNC(=O)/C=C/c3ccc(C)cc3)n2)c1. The molecular formula is C20H19N3O3. The van der Waals surface area contributed by atoms with Gasteiger partial charge in [-0.3, -0.25) is 4.79 Å². The Kier molecular flexibility index (Phi) is 5.43. The van der Waals surface area contributed by atoms with Crippen molar-refractivity contribution in [1.82, 2.24) is 15.5 Å². The van der Waals surface area contributed by atoms with Crippen LogP contribution in [-0.4, -0.2) is 23.2 Å². The lowest BCUT2D eigenvalue weighted by Crippen LogP contribution is -2.20. The monoisotopic (exact) mass is 349 g/mol. The molecule has 6 nitrogen and oxygen atoms in total. The first-order valence-electron chi connectivity index (χ1n) is 8.13. The van der Waals surface area contributed by atoms with Crippen LogP contribution in [0, 0.1) is 6.92 Å². The van der Waals surface area contributed by atoms with Gasteiger partial charge in [-0.05, 0) is 30.7 Å². The first kappa shape index (κ1) is 17.4. The molecule has 0 atom stereocenters. The maximum absolute atomic E-state index is 11.9. The fourth-order valence-electron chi connectivity index (χ4n) is 2.28. The van der Waals surface area contributed by atoms with E-state index < -0.39 is 0 Å². The van der Waals surface area contributed by atoms with Crippen LogP contribution in [0.4, 0.5) is 0 Å². The van der Waals surface area contributed by atoms with Crippen LogP contribution in [0.25, 0.3) is 17.5 Å². The van der Waals surface area contributed by atoms with Crippen molar-refractivity contribution in [3.63, 3.8) is 0 Å². The standard InChI is InChI=1S/C20H19N3O3/c1-14-6-8-15(9-7-14)10-11-18(24)21-13-19-22-20(23-26-19)16-4-3-5-17(12-16)25-2/h3-12H,13H2,1-2H3,(H,21,24)/b11-10+. The number of amides is 1. The number of hydrogen-bond acceptors (Lipinski definition) is 5. The predicted molar refractivity (Wildman–Crippen MR) is 98.3 cm³/mol. The Morgan fingerprint density at radius 2 is 2.04 bits per heavy atom. The van der Waals surface area contributed by atoms with E-state index >= 15 is 0 Å². The van der Waals surface area contributed by atoms with E-state index in [-0.39, 0.29) is 12.5 Å². The van der Waals surface area contributed by atoms with E-state index in [1.807, 2.05) is 55.5 Å². The number of carbonyl (C=O) groups is 1. The summed E-state index contributed by atoms with van der Waals surface area (Å²) in [5.41, 5.74) is 2.92. The highest BCUT2D eigenvalue weighted by atomic mass is 16.5. The number of nitrogens with zero attached hydrogens (tertiary/aromatic N) is 2. The third kappa shape index (κ3) is 4.57. The maximum atomic E-state index is 11.9. The van der Waals surface area contributed by atoms with Crippen LogP contribution < -0.4 is 10.1 Å². The summed E-state index contributed by atoms with van der Waals surface area (Å²) in [6, 6.07) is 15.3. The Bertz CT molecular complexity index is 914. The molecule has 1 aromatic heterocycles. The van der Waals surface area contributed by atoms with E-state index in [4.69, 9.17) is 9.26 Å². The summed E-state index contributed by atoms with van der Waals surface area (Å²) in [7, 11) is 1.60. The number of benzene rings is 2. The van der Waals surface area contributed by atoms with Crippen LogP contribution >= 0.6 is 0 Å². The van der Waals surface area contributed by atoms with Gasteiger partial charge in [-0.1, -0.05) is 47.1 Å². The zero-order valence-electron chi connectivity index (χ0n) is 14.6. The molecule has 132 valence electrons. The van der Waals surface area contributed by atoms with Crippen molar-refractivity contribution in [2.24, 2.45) is 0 Å². The van der Waals surface area contributed by atoms with Gasteiger partial charge in [0.1, 0.15) is 5.75 Å². The molecule has 1 heterocycles. The molecule has 0 fully saturated rings. The highest BCUT2D eigenvalue weighted by Gasteiger charge is 2.09. The predicted octanol–water partition coefficient (Wildman–Crippen LogP) is 3.38. The number of nitrogens with one attached hydrogen (secondary N) is 1. The van der Waals surface area contributed by atoms with Crippen LogP contribution in [-0.2, 0) is 11.3 Å². The summed E-state index contributed by atoms with van der Waals surface area (Å²) in [5, 5.41) is 6.65. The van der Waals surface area contributed by atoms with Crippen LogP contribution in [0.3, 0.4) is 0 Å². The first-order valence-corrected chi connectivity index (χ1v) is 8.13. The van der Waals surface area contributed by atoms with Crippen LogP contribution in [0.15, 0.2) is 59.1 Å². The lowest BCUT2D eigenvalue weighted by molar-refractivity contribution is -0.116. The van der Waals surface area contributed by atoms with E-state index in [0.717, 1.165) is 11.1 Å². The summed E-state index contributed by atoms with van der Waals surface area (Å²) in [4.78, 5) is 16.2. The number of aromatic nitrogens is 2. The number of carbonyl (C=O) groups excluding carboxylic acids is 1. The number of ether oxygens (including phenoxy) is 1. The van der Waals surface area contributed by atoms with Crippen LogP contribution in [0.5, 0.6) is 5.75 Å². The van der Waals surface area contributed by atoms with Gasteiger partial charge in [-0.15, -0.1) is 0 Å². The molecular weight excluding hydrogens is 330 g/mol. The molecule has 0 saturated carbocycles. The van der Waals surface area contributed by atoms with Crippen molar-refractivity contribution in [3.05, 3.63) is 71.6 Å². The van der Waals surface area contributed by atoms with Gasteiger partial charge in [0.2, 0.25) is 17.6 Å². The topological polar surface area (TPSA) is 77.3 Å². The van der Waals surface area contributed by atoms with Crippen LogP contribution in [0.2, 0.25) is 0 Å². The lowest BCUT2D eigenvalue weighted by atomic mass is 10.1. The second kappa shape index (κ2) is 8.11. The zero-order valence-corrected chi connectivity index (χ0v) is 14.6. The Morgan fingerprint density at radius 3 is 2.81 bits per heavy atom. The second-order valence-corrected chi connectivity index (χ2v) is 5.71. The van der Waals surface area contributed by atoms with Gasteiger partial charge in [-0.25, -0.2) is 0 Å². The van der Waals surface area contributed by atoms with Crippen molar-refractivity contribution in [3.8, 4) is 17.1 Å². The summed E-state index contributed by atoms with van der Waals surface area (Å²) < 4.78 is 10.4. The molecule has 0 bridgehead atoms. The van der Waals surface area contributed by atoms with Gasteiger partial charge in [0.25, 0.3) is 0 Å². The van der Waals surface area contributed by atoms with Gasteiger partial charge >= 0.3 is 0 Å². The number of aryl methyl sites for hydroxylation is 1. The number of rotatable bonds is 6. The minimum absolute atomic E-state index is 0.161. The third-order valence-corrected chi connectivity index (χ3v) is 3.71. The Balaban J connectivity index is 1.57. The minimum Gasteiger partial charge on any atom is -0.497 e. The highest BCUT2D eigenvalue weighted by molar-refractivity contribution is 5.91. The molecule has 0 unspecified atom stereocenters. The fraction of sp³-hybridized carbons (Fsp3) is 0.150. The third-order valence-electron chi connectivity index (χ3n) is 3.71. The Hall–Kier alpha value is -3.41. The highest BCUT2D eigenvalue weighted by Crippen LogP contribution is 2.21. The van der Waals surface area contributed by atoms with Crippen molar-refractivity contribution in [1.29, 1.82) is 0 Å². The molecule has 0 aliphatic rings. The van der Waals surface area contributed by atoms with E-state index in [1.54, 1.807) is 13.2 Å². The molecule has 0 aliphatic heterocycles. The van der Waals surface area contributed by atoms with Crippen molar-refractivity contribution in [2.75, 3.05) is 7.11 Å². The second-order valence-electron chi connectivity index (χ2n) is 5.71. The molecule has 0 radical (unpaired) electrons. The Labute approximate surface area is 151 Å². The smallest absolute Gasteiger partial charge is 0.246 e.